The highest BCUT2D eigenvalue weighted by molar-refractivity contribution is 7.89. The summed E-state index contributed by atoms with van der Waals surface area (Å²) in [5, 5.41) is 0. The number of carbonyl (C=O) groups excluding carboxylic acids is 1. The molecule has 0 aromatic heterocycles. The molecule has 1 aromatic carbocycles. The number of nitrogens with two attached hydrogens (primary N) is 1. The largest absolute Gasteiger partial charge is 0.341 e. The highest BCUT2D eigenvalue weighted by atomic mass is 35.5. The number of likely N-dealkylation sites (tertiary alicyclic amines) is 1. The van der Waals surface area contributed by atoms with Crippen molar-refractivity contribution in [1.82, 2.24) is 9.62 Å². The molecule has 1 atom stereocenters. The van der Waals surface area contributed by atoms with Crippen LogP contribution in [0.4, 0.5) is 4.39 Å². The van der Waals surface area contributed by atoms with Gasteiger partial charge in [0.1, 0.15) is 5.82 Å². The van der Waals surface area contributed by atoms with E-state index in [4.69, 9.17) is 5.73 Å². The van der Waals surface area contributed by atoms with Crippen LogP contribution in [0.15, 0.2) is 29.2 Å². The third-order valence-corrected chi connectivity index (χ3v) is 5.04. The van der Waals surface area contributed by atoms with Gasteiger partial charge in [0, 0.05) is 32.1 Å². The Labute approximate surface area is 141 Å². The number of sulfonamides is 1. The van der Waals surface area contributed by atoms with Crippen LogP contribution in [0.3, 0.4) is 0 Å². The summed E-state index contributed by atoms with van der Waals surface area (Å²) in [6.07, 6.45) is 1.85. The average Bonchev–Trinajstić information content (AvgIpc) is 2.47. The van der Waals surface area contributed by atoms with Crippen LogP contribution in [-0.4, -0.2) is 44.9 Å². The number of piperidine rings is 1. The third kappa shape index (κ3) is 5.72. The Hall–Kier alpha value is -1.22. The van der Waals surface area contributed by atoms with Gasteiger partial charge in [0.25, 0.3) is 0 Å². The van der Waals surface area contributed by atoms with Crippen molar-refractivity contribution in [1.29, 1.82) is 0 Å². The summed E-state index contributed by atoms with van der Waals surface area (Å²) in [6, 6.07) is 4.52. The van der Waals surface area contributed by atoms with E-state index in [1.807, 2.05) is 0 Å². The second kappa shape index (κ2) is 8.58. The van der Waals surface area contributed by atoms with Gasteiger partial charge in [0.05, 0.1) is 4.90 Å². The molecule has 6 nitrogen and oxygen atoms in total. The molecule has 2 rings (SSSR count). The zero-order chi connectivity index (χ0) is 16.2. The van der Waals surface area contributed by atoms with Gasteiger partial charge in [-0.2, -0.15) is 0 Å². The van der Waals surface area contributed by atoms with E-state index in [2.05, 4.69) is 4.72 Å². The van der Waals surface area contributed by atoms with Gasteiger partial charge in [-0.15, -0.1) is 12.4 Å². The first-order valence-corrected chi connectivity index (χ1v) is 8.65. The zero-order valence-electron chi connectivity index (χ0n) is 12.6. The average molecular weight is 366 g/mol. The lowest BCUT2D eigenvalue weighted by Gasteiger charge is -2.30. The Kier molecular flexibility index (Phi) is 7.40. The molecular formula is C14H21ClFN3O3S. The van der Waals surface area contributed by atoms with Gasteiger partial charge in [-0.3, -0.25) is 4.79 Å². The number of carbonyl (C=O) groups is 1. The SMILES string of the molecule is Cl.NC1CCCN(C(=O)CCNS(=O)(=O)c2ccc(F)cc2)C1. The molecule has 1 amide bonds. The lowest BCUT2D eigenvalue weighted by molar-refractivity contribution is -0.132. The van der Waals surface area contributed by atoms with Gasteiger partial charge in [-0.25, -0.2) is 17.5 Å². The normalized spacial score (nSPS) is 18.3. The molecule has 1 aliphatic rings. The molecule has 1 heterocycles. The molecule has 0 bridgehead atoms. The van der Waals surface area contributed by atoms with Crippen molar-refractivity contribution in [3.63, 3.8) is 0 Å². The maximum Gasteiger partial charge on any atom is 0.240 e. The van der Waals surface area contributed by atoms with Crippen molar-refractivity contribution in [2.75, 3.05) is 19.6 Å². The molecule has 1 aliphatic heterocycles. The number of benzene rings is 1. The Balaban J connectivity index is 0.00000264. The van der Waals surface area contributed by atoms with Gasteiger partial charge in [0.2, 0.25) is 15.9 Å². The van der Waals surface area contributed by atoms with Gasteiger partial charge < -0.3 is 10.6 Å². The summed E-state index contributed by atoms with van der Waals surface area (Å²) in [4.78, 5) is 13.6. The standard InChI is InChI=1S/C14H20FN3O3S.ClH/c15-11-3-5-13(6-4-11)22(20,21)17-8-7-14(19)18-9-1-2-12(16)10-18;/h3-6,12,17H,1-2,7-10,16H2;1H. The van der Waals surface area contributed by atoms with Crippen molar-refractivity contribution in [2.24, 2.45) is 5.73 Å². The van der Waals surface area contributed by atoms with Gasteiger partial charge in [-0.1, -0.05) is 0 Å². The molecule has 0 radical (unpaired) electrons. The quantitative estimate of drug-likeness (QED) is 0.809. The van der Waals surface area contributed by atoms with E-state index in [0.717, 1.165) is 25.0 Å². The first kappa shape index (κ1) is 19.8. The predicted molar refractivity (Wildman–Crippen MR) is 87.2 cm³/mol. The van der Waals surface area contributed by atoms with Crippen LogP contribution in [0, 0.1) is 5.82 Å². The van der Waals surface area contributed by atoms with Gasteiger partial charge in [0.15, 0.2) is 0 Å². The van der Waals surface area contributed by atoms with Gasteiger partial charge in [-0.05, 0) is 37.1 Å². The summed E-state index contributed by atoms with van der Waals surface area (Å²) in [6.45, 7) is 1.19. The molecular weight excluding hydrogens is 345 g/mol. The second-order valence-corrected chi connectivity index (χ2v) is 7.11. The van der Waals surface area contributed by atoms with Crippen LogP contribution < -0.4 is 10.5 Å². The van der Waals surface area contributed by atoms with E-state index in [1.54, 1.807) is 4.90 Å². The van der Waals surface area contributed by atoms with E-state index in [-0.39, 0.29) is 42.2 Å². The predicted octanol–water partition coefficient (Wildman–Crippen LogP) is 0.866. The topological polar surface area (TPSA) is 92.5 Å². The molecule has 0 aliphatic carbocycles. The molecule has 0 saturated carbocycles. The summed E-state index contributed by atoms with van der Waals surface area (Å²) in [7, 11) is -3.73. The van der Waals surface area contributed by atoms with E-state index >= 15 is 0 Å². The summed E-state index contributed by atoms with van der Waals surface area (Å²) in [5.41, 5.74) is 5.81. The fourth-order valence-corrected chi connectivity index (χ4v) is 3.42. The smallest absolute Gasteiger partial charge is 0.240 e. The van der Waals surface area contributed by atoms with Crippen molar-refractivity contribution < 1.29 is 17.6 Å². The minimum absolute atomic E-state index is 0. The number of amides is 1. The minimum atomic E-state index is -3.73. The highest BCUT2D eigenvalue weighted by Gasteiger charge is 2.21. The van der Waals surface area contributed by atoms with Crippen LogP contribution in [0.5, 0.6) is 0 Å². The van der Waals surface area contributed by atoms with Crippen LogP contribution >= 0.6 is 12.4 Å². The van der Waals surface area contributed by atoms with E-state index in [9.17, 15) is 17.6 Å². The molecule has 1 aromatic rings. The molecule has 1 saturated heterocycles. The second-order valence-electron chi connectivity index (χ2n) is 5.34. The molecule has 23 heavy (non-hydrogen) atoms. The van der Waals surface area contributed by atoms with E-state index in [0.29, 0.717) is 13.1 Å². The molecule has 0 spiro atoms. The van der Waals surface area contributed by atoms with Gasteiger partial charge >= 0.3 is 0 Å². The maximum atomic E-state index is 12.8. The first-order valence-electron chi connectivity index (χ1n) is 7.17. The fourth-order valence-electron chi connectivity index (χ4n) is 2.38. The number of hydrogen-bond donors (Lipinski definition) is 2. The third-order valence-electron chi connectivity index (χ3n) is 3.57. The summed E-state index contributed by atoms with van der Waals surface area (Å²) >= 11 is 0. The lowest BCUT2D eigenvalue weighted by Crippen LogP contribution is -2.46. The van der Waals surface area contributed by atoms with Crippen LogP contribution in [0.2, 0.25) is 0 Å². The van der Waals surface area contributed by atoms with Crippen LogP contribution in [0.25, 0.3) is 0 Å². The zero-order valence-corrected chi connectivity index (χ0v) is 14.2. The molecule has 9 heteroatoms. The Morgan fingerprint density at radius 2 is 2.00 bits per heavy atom. The van der Waals surface area contributed by atoms with E-state index < -0.39 is 15.8 Å². The Morgan fingerprint density at radius 3 is 2.61 bits per heavy atom. The fraction of sp³-hybridized carbons (Fsp3) is 0.500. The minimum Gasteiger partial charge on any atom is -0.341 e. The maximum absolute atomic E-state index is 12.8. The highest BCUT2D eigenvalue weighted by Crippen LogP contribution is 2.11. The lowest BCUT2D eigenvalue weighted by atomic mass is 10.1. The molecule has 1 unspecified atom stereocenters. The molecule has 130 valence electrons. The number of nitrogens with zero attached hydrogens (tertiary/aromatic N) is 1. The van der Waals surface area contributed by atoms with E-state index in [1.165, 1.54) is 12.1 Å². The number of nitrogens with one attached hydrogen (secondary N) is 1. The number of rotatable bonds is 5. The summed E-state index contributed by atoms with van der Waals surface area (Å²) < 4.78 is 39.1. The van der Waals surface area contributed by atoms with Crippen molar-refractivity contribution in [3.05, 3.63) is 30.1 Å². The van der Waals surface area contributed by atoms with Crippen molar-refractivity contribution in [2.45, 2.75) is 30.2 Å². The van der Waals surface area contributed by atoms with Crippen LogP contribution in [0.1, 0.15) is 19.3 Å². The number of halogens is 2. The van der Waals surface area contributed by atoms with Crippen molar-refractivity contribution in [3.8, 4) is 0 Å². The summed E-state index contributed by atoms with van der Waals surface area (Å²) in [5.74, 6) is -0.618. The molecule has 1 fully saturated rings. The monoisotopic (exact) mass is 365 g/mol. The Bertz CT molecular complexity index is 625. The first-order chi connectivity index (χ1) is 10.4. The molecule has 3 N–H and O–H groups in total. The number of hydrogen-bond acceptors (Lipinski definition) is 4. The van der Waals surface area contributed by atoms with Crippen molar-refractivity contribution >= 4 is 28.3 Å². The van der Waals surface area contributed by atoms with Crippen LogP contribution in [-0.2, 0) is 14.8 Å². The Morgan fingerprint density at radius 1 is 1.35 bits per heavy atom.